The molecule has 2 heteroatoms. The van der Waals surface area contributed by atoms with E-state index in [1.165, 1.54) is 16.0 Å². The molecule has 0 atom stereocenters. The van der Waals surface area contributed by atoms with Crippen molar-refractivity contribution in [3.05, 3.63) is 59.7 Å². The second kappa shape index (κ2) is 4.93. The van der Waals surface area contributed by atoms with Gasteiger partial charge in [-0.3, -0.25) is 0 Å². The number of hydrogen-bond acceptors (Lipinski definition) is 2. The summed E-state index contributed by atoms with van der Waals surface area (Å²) in [4.78, 5) is 1.28. The van der Waals surface area contributed by atoms with Crippen molar-refractivity contribution in [1.82, 2.24) is 0 Å². The molecule has 1 nitrogen and oxygen atoms in total. The highest BCUT2D eigenvalue weighted by Gasteiger charge is 2.29. The largest absolute Gasteiger partial charge is 0.487 e. The maximum absolute atomic E-state index is 5.97. The Bertz CT molecular complexity index is 575. The Morgan fingerprint density at radius 3 is 2.68 bits per heavy atom. The first-order chi connectivity index (χ1) is 9.12. The molecule has 0 aliphatic carbocycles. The van der Waals surface area contributed by atoms with Crippen molar-refractivity contribution in [3.63, 3.8) is 0 Å². The lowest BCUT2D eigenvalue weighted by Crippen LogP contribution is -2.24. The molecule has 0 unspecified atom stereocenters. The van der Waals surface area contributed by atoms with E-state index in [0.717, 1.165) is 17.9 Å². The second-order valence-electron chi connectivity index (χ2n) is 5.58. The van der Waals surface area contributed by atoms with E-state index in [2.05, 4.69) is 62.4 Å². The highest BCUT2D eigenvalue weighted by atomic mass is 32.2. The molecule has 0 aromatic heterocycles. The average Bonchev–Trinajstić information content (AvgIpc) is 2.70. The van der Waals surface area contributed by atoms with E-state index in [4.69, 9.17) is 4.74 Å². The summed E-state index contributed by atoms with van der Waals surface area (Å²) in [6, 6.07) is 17.2. The molecule has 0 bridgehead atoms. The zero-order valence-electron chi connectivity index (χ0n) is 11.3. The van der Waals surface area contributed by atoms with Gasteiger partial charge in [0.2, 0.25) is 0 Å². The Hall–Kier alpha value is -1.41. The van der Waals surface area contributed by atoms with Crippen molar-refractivity contribution in [2.75, 3.05) is 0 Å². The highest BCUT2D eigenvalue weighted by Crippen LogP contribution is 2.37. The topological polar surface area (TPSA) is 9.23 Å². The minimum absolute atomic E-state index is 0.0505. The van der Waals surface area contributed by atoms with Crippen molar-refractivity contribution >= 4 is 11.8 Å². The molecule has 1 aliphatic heterocycles. The molecule has 1 heterocycles. The van der Waals surface area contributed by atoms with Crippen LogP contribution in [0.4, 0.5) is 0 Å². The quantitative estimate of drug-likeness (QED) is 0.748. The van der Waals surface area contributed by atoms with Crippen LogP contribution in [0, 0.1) is 0 Å². The summed E-state index contributed by atoms with van der Waals surface area (Å²) < 4.78 is 5.97. The lowest BCUT2D eigenvalue weighted by atomic mass is 10.0. The molecule has 0 saturated heterocycles. The molecule has 98 valence electrons. The zero-order valence-corrected chi connectivity index (χ0v) is 12.2. The van der Waals surface area contributed by atoms with Crippen LogP contribution >= 0.6 is 11.8 Å². The van der Waals surface area contributed by atoms with Crippen LogP contribution < -0.4 is 4.74 Å². The Morgan fingerprint density at radius 1 is 1.11 bits per heavy atom. The van der Waals surface area contributed by atoms with Crippen molar-refractivity contribution < 1.29 is 4.74 Å². The van der Waals surface area contributed by atoms with Gasteiger partial charge in [0.1, 0.15) is 11.4 Å². The third-order valence-electron chi connectivity index (χ3n) is 3.29. The third kappa shape index (κ3) is 2.95. The fourth-order valence-electron chi connectivity index (χ4n) is 2.40. The predicted molar refractivity (Wildman–Crippen MR) is 80.9 cm³/mol. The number of rotatable bonds is 3. The summed E-state index contributed by atoms with van der Waals surface area (Å²) in [5.41, 5.74) is 2.63. The van der Waals surface area contributed by atoms with E-state index < -0.39 is 0 Å². The minimum atomic E-state index is -0.0505. The van der Waals surface area contributed by atoms with Crippen molar-refractivity contribution in [2.45, 2.75) is 36.5 Å². The van der Waals surface area contributed by atoms with Crippen LogP contribution in [0.5, 0.6) is 5.75 Å². The fraction of sp³-hybridized carbons (Fsp3) is 0.294. The standard InChI is InChI=1S/C17H18OS/c1-17(2)11-14-8-9-15(10-16(14)18-17)19-12-13-6-4-3-5-7-13/h3-10H,11-12H2,1-2H3. The minimum Gasteiger partial charge on any atom is -0.487 e. The maximum Gasteiger partial charge on any atom is 0.124 e. The smallest absolute Gasteiger partial charge is 0.124 e. The molecule has 0 radical (unpaired) electrons. The first-order valence-corrected chi connectivity index (χ1v) is 7.60. The van der Waals surface area contributed by atoms with E-state index in [1.54, 1.807) is 0 Å². The van der Waals surface area contributed by atoms with E-state index in [0.29, 0.717) is 0 Å². The van der Waals surface area contributed by atoms with Crippen LogP contribution in [0.25, 0.3) is 0 Å². The van der Waals surface area contributed by atoms with Gasteiger partial charge in [-0.05, 0) is 37.1 Å². The van der Waals surface area contributed by atoms with Crippen molar-refractivity contribution in [1.29, 1.82) is 0 Å². The summed E-state index contributed by atoms with van der Waals surface area (Å²) in [7, 11) is 0. The summed E-state index contributed by atoms with van der Waals surface area (Å²) in [5.74, 6) is 2.06. The molecule has 0 amide bonds. The highest BCUT2D eigenvalue weighted by molar-refractivity contribution is 7.98. The molecule has 3 rings (SSSR count). The van der Waals surface area contributed by atoms with Gasteiger partial charge in [-0.1, -0.05) is 36.4 Å². The molecule has 0 N–H and O–H groups in total. The van der Waals surface area contributed by atoms with Gasteiger partial charge in [0.25, 0.3) is 0 Å². The van der Waals surface area contributed by atoms with Crippen LogP contribution in [0.3, 0.4) is 0 Å². The third-order valence-corrected chi connectivity index (χ3v) is 4.35. The van der Waals surface area contributed by atoms with Gasteiger partial charge in [0.05, 0.1) is 0 Å². The molecule has 0 fully saturated rings. The monoisotopic (exact) mass is 270 g/mol. The lowest BCUT2D eigenvalue weighted by molar-refractivity contribution is 0.138. The van der Waals surface area contributed by atoms with Crippen LogP contribution in [0.2, 0.25) is 0 Å². The number of thioether (sulfide) groups is 1. The summed E-state index contributed by atoms with van der Waals surface area (Å²) in [5, 5.41) is 0. The maximum atomic E-state index is 5.97. The second-order valence-corrected chi connectivity index (χ2v) is 6.63. The Labute approximate surface area is 119 Å². The molecule has 2 aromatic carbocycles. The van der Waals surface area contributed by atoms with Gasteiger partial charge in [-0.25, -0.2) is 0 Å². The fourth-order valence-corrected chi connectivity index (χ4v) is 3.28. The number of benzene rings is 2. The van der Waals surface area contributed by atoms with Crippen LogP contribution in [0.1, 0.15) is 25.0 Å². The summed E-state index contributed by atoms with van der Waals surface area (Å²) in [6.07, 6.45) is 1.01. The SMILES string of the molecule is CC1(C)Cc2ccc(SCc3ccccc3)cc2O1. The molecule has 2 aromatic rings. The van der Waals surface area contributed by atoms with E-state index in [1.807, 2.05) is 11.8 Å². The van der Waals surface area contributed by atoms with Gasteiger partial charge >= 0.3 is 0 Å². The van der Waals surface area contributed by atoms with Crippen molar-refractivity contribution in [3.8, 4) is 5.75 Å². The Morgan fingerprint density at radius 2 is 1.89 bits per heavy atom. The zero-order chi connectivity index (χ0) is 13.3. The van der Waals surface area contributed by atoms with E-state index in [-0.39, 0.29) is 5.60 Å². The average molecular weight is 270 g/mol. The van der Waals surface area contributed by atoms with E-state index >= 15 is 0 Å². The predicted octanol–water partition coefficient (Wildman–Crippen LogP) is 4.69. The molecule has 1 aliphatic rings. The summed E-state index contributed by atoms with van der Waals surface area (Å²) >= 11 is 1.86. The van der Waals surface area contributed by atoms with Gasteiger partial charge in [0.15, 0.2) is 0 Å². The summed E-state index contributed by atoms with van der Waals surface area (Å²) in [6.45, 7) is 4.29. The first-order valence-electron chi connectivity index (χ1n) is 6.61. The normalized spacial score (nSPS) is 15.9. The number of hydrogen-bond donors (Lipinski definition) is 0. The van der Waals surface area contributed by atoms with E-state index in [9.17, 15) is 0 Å². The first kappa shape index (κ1) is 12.6. The Kier molecular flexibility index (Phi) is 3.28. The molecule has 0 spiro atoms. The Balaban J connectivity index is 1.71. The van der Waals surface area contributed by atoms with Gasteiger partial charge in [0, 0.05) is 17.1 Å². The lowest BCUT2D eigenvalue weighted by Gasteiger charge is -2.16. The van der Waals surface area contributed by atoms with Crippen LogP contribution in [-0.2, 0) is 12.2 Å². The van der Waals surface area contributed by atoms with Crippen molar-refractivity contribution in [2.24, 2.45) is 0 Å². The molecule has 19 heavy (non-hydrogen) atoms. The van der Waals surface area contributed by atoms with Crippen LogP contribution in [0.15, 0.2) is 53.4 Å². The van der Waals surface area contributed by atoms with Crippen LogP contribution in [-0.4, -0.2) is 5.60 Å². The van der Waals surface area contributed by atoms with Gasteiger partial charge in [-0.15, -0.1) is 11.8 Å². The molecular formula is C17H18OS. The number of ether oxygens (including phenoxy) is 1. The number of fused-ring (bicyclic) bond motifs is 1. The van der Waals surface area contributed by atoms with Gasteiger partial charge < -0.3 is 4.74 Å². The van der Waals surface area contributed by atoms with Gasteiger partial charge in [-0.2, -0.15) is 0 Å². The molecular weight excluding hydrogens is 252 g/mol. The molecule has 0 saturated carbocycles.